The molecule has 16 nitrogen and oxygen atoms in total. The summed E-state index contributed by atoms with van der Waals surface area (Å²) in [6, 6.07) is 10.2. The number of nitriles is 1. The summed E-state index contributed by atoms with van der Waals surface area (Å²) in [6.45, 7) is -4.93. The van der Waals surface area contributed by atoms with Gasteiger partial charge in [-0.2, -0.15) is 5.26 Å². The molecule has 1 aromatic carbocycles. The van der Waals surface area contributed by atoms with Gasteiger partial charge in [-0.25, -0.2) is 15.0 Å². The topological polar surface area (TPSA) is 220 Å². The highest BCUT2D eigenvalue weighted by molar-refractivity contribution is 8.07. The van der Waals surface area contributed by atoms with Crippen LogP contribution in [0.4, 0.5) is 5.82 Å². The number of benzene rings is 1. The summed E-state index contributed by atoms with van der Waals surface area (Å²) in [4.78, 5) is 56.7. The number of anilines is 1. The van der Waals surface area contributed by atoms with Crippen molar-refractivity contribution >= 4 is 49.7 Å². The summed E-state index contributed by atoms with van der Waals surface area (Å²) in [5.41, 5.74) is -1.44. The van der Waals surface area contributed by atoms with E-state index in [0.29, 0.717) is 5.56 Å². The van der Waals surface area contributed by atoms with Gasteiger partial charge < -0.3 is 24.0 Å². The fraction of sp³-hybridized carbons (Fsp3) is 0.350. The minimum Gasteiger partial charge on any atom is -0.324 e. The minimum absolute atomic E-state index is 0.0714. The van der Waals surface area contributed by atoms with Crippen molar-refractivity contribution in [2.45, 2.75) is 30.9 Å². The zero-order valence-electron chi connectivity index (χ0n) is 19.8. The lowest BCUT2D eigenvalue weighted by atomic mass is 10.1. The molecule has 3 aromatic rings. The average molecular weight is 596 g/mol. The van der Waals surface area contributed by atoms with Gasteiger partial charge in [-0.05, 0) is 29.1 Å². The first kappa shape index (κ1) is 28.8. The maximum absolute atomic E-state index is 12.6. The number of imidazole rings is 1. The molecular weight excluding hydrogens is 576 g/mol. The van der Waals surface area contributed by atoms with Gasteiger partial charge in [-0.3, -0.25) is 9.36 Å². The number of ether oxygens (including phenoxy) is 1. The monoisotopic (exact) mass is 596 g/mol. The van der Waals surface area contributed by atoms with Crippen molar-refractivity contribution < 1.29 is 37.5 Å². The molecule has 1 amide bonds. The molecule has 19 heteroatoms. The molecule has 1 saturated heterocycles. The highest BCUT2D eigenvalue weighted by atomic mass is 32.5. The van der Waals surface area contributed by atoms with Gasteiger partial charge in [0.2, 0.25) is 0 Å². The summed E-state index contributed by atoms with van der Waals surface area (Å²) in [7, 11) is -3.20. The lowest BCUT2D eigenvalue weighted by Crippen LogP contribution is -2.42. The summed E-state index contributed by atoms with van der Waals surface area (Å²) in [5, 5.41) is 14.2. The van der Waals surface area contributed by atoms with Crippen LogP contribution in [-0.2, 0) is 34.7 Å². The van der Waals surface area contributed by atoms with E-state index in [9.17, 15) is 24.1 Å². The number of rotatable bonds is 12. The van der Waals surface area contributed by atoms with Gasteiger partial charge in [0, 0.05) is 16.5 Å². The molecular formula is C20H20N7O9P2S+. The molecule has 204 valence electrons. The van der Waals surface area contributed by atoms with Crippen LogP contribution in [0, 0.1) is 16.2 Å². The number of amides is 1. The Morgan fingerprint density at radius 2 is 2.13 bits per heavy atom. The van der Waals surface area contributed by atoms with E-state index in [1.54, 1.807) is 30.3 Å². The highest BCUT2D eigenvalue weighted by Gasteiger charge is 2.57. The van der Waals surface area contributed by atoms with E-state index in [0.717, 1.165) is 0 Å². The molecule has 1 fully saturated rings. The molecule has 0 aliphatic carbocycles. The van der Waals surface area contributed by atoms with E-state index < -0.39 is 45.5 Å². The molecule has 0 spiro atoms. The quantitative estimate of drug-likeness (QED) is 0.155. The van der Waals surface area contributed by atoms with Crippen molar-refractivity contribution in [1.82, 2.24) is 19.5 Å². The number of carbonyl (C=O) groups excluding carboxylic acids is 1. The fourth-order valence-electron chi connectivity index (χ4n) is 3.71. The average Bonchev–Trinajstić information content (AvgIpc) is 3.50. The predicted molar refractivity (Wildman–Crippen MR) is 136 cm³/mol. The zero-order chi connectivity index (χ0) is 28.0. The predicted octanol–water partition coefficient (Wildman–Crippen LogP) is 2.66. The molecule has 2 unspecified atom stereocenters. The maximum atomic E-state index is 12.6. The Hall–Kier alpha value is -3.16. The Labute approximate surface area is 226 Å². The van der Waals surface area contributed by atoms with Gasteiger partial charge in [-0.15, -0.1) is 14.3 Å². The fourth-order valence-corrected chi connectivity index (χ4v) is 5.30. The van der Waals surface area contributed by atoms with E-state index in [1.165, 1.54) is 17.2 Å². The number of hydrogen-bond donors (Lipinski definition) is 3. The van der Waals surface area contributed by atoms with Crippen LogP contribution in [-0.4, -0.2) is 60.3 Å². The first-order chi connectivity index (χ1) is 18.7. The molecule has 1 aliphatic heterocycles. The summed E-state index contributed by atoms with van der Waals surface area (Å²) in [6.07, 6.45) is -0.260. The third kappa shape index (κ3) is 6.71. The van der Waals surface area contributed by atoms with Crippen LogP contribution >= 0.6 is 15.0 Å². The van der Waals surface area contributed by atoms with Crippen LogP contribution in [0.25, 0.3) is 11.2 Å². The van der Waals surface area contributed by atoms with Crippen LogP contribution in [0.3, 0.4) is 0 Å². The second-order valence-corrected chi connectivity index (χ2v) is 11.5. The molecule has 1 aliphatic rings. The molecule has 3 heterocycles. The van der Waals surface area contributed by atoms with Gasteiger partial charge in [-0.1, -0.05) is 18.2 Å². The molecule has 0 saturated carbocycles. The van der Waals surface area contributed by atoms with E-state index >= 15 is 0 Å². The van der Waals surface area contributed by atoms with E-state index in [-0.39, 0.29) is 36.4 Å². The summed E-state index contributed by atoms with van der Waals surface area (Å²) < 4.78 is 33.9. The highest BCUT2D eigenvalue weighted by Crippen LogP contribution is 2.49. The Kier molecular flexibility index (Phi) is 9.13. The normalized spacial score (nSPS) is 22.6. The third-order valence-electron chi connectivity index (χ3n) is 5.47. The molecule has 3 N–H and O–H groups in total. The van der Waals surface area contributed by atoms with Gasteiger partial charge in [0.15, 0.2) is 23.1 Å². The third-order valence-corrected chi connectivity index (χ3v) is 7.50. The Morgan fingerprint density at radius 3 is 2.82 bits per heavy atom. The molecule has 0 bridgehead atoms. The molecule has 0 radical (unpaired) electrons. The van der Waals surface area contributed by atoms with Gasteiger partial charge >= 0.3 is 15.0 Å². The van der Waals surface area contributed by atoms with Gasteiger partial charge in [0.1, 0.15) is 19.2 Å². The number of nitrogens with one attached hydrogen (secondary N) is 1. The SMILES string of the molecule is N#CCCOP(O)(=S)OC[C@]1(N=O)O[C@@H](n2cnc3c(NC(=O)c4ccccc4)ncnc32)C[C@@H]1O[P+](=O)O. The van der Waals surface area contributed by atoms with E-state index in [1.807, 2.05) is 6.07 Å². The standard InChI is InChI=1S/C20H19N7O9P2S/c21-7-4-8-33-38(32,39)34-10-20(26-29)14(36-37(30)31)9-15(35-20)27-12-24-16-17(22-11-23-18(16)27)25-19(28)13-5-2-1-3-6-13/h1-3,5-6,11-12,14-15H,4,8-10H2,(H2-,22,23,25,28,30,31,32,39)/p+1/t14-,15+,20-,38?/m0/s1. The Bertz CT molecular complexity index is 1470. The Balaban J connectivity index is 1.59. The molecule has 5 atom stereocenters. The second-order valence-electron chi connectivity index (χ2n) is 7.93. The van der Waals surface area contributed by atoms with Crippen molar-refractivity contribution in [1.29, 1.82) is 5.26 Å². The number of aromatic nitrogens is 4. The first-order valence-corrected chi connectivity index (χ1v) is 14.8. The maximum Gasteiger partial charge on any atom is 0.695 e. The van der Waals surface area contributed by atoms with E-state index in [2.05, 4.69) is 25.4 Å². The van der Waals surface area contributed by atoms with Crippen molar-refractivity contribution in [2.24, 2.45) is 5.18 Å². The van der Waals surface area contributed by atoms with Crippen LogP contribution in [0.2, 0.25) is 0 Å². The van der Waals surface area contributed by atoms with Crippen LogP contribution in [0.1, 0.15) is 29.4 Å². The van der Waals surface area contributed by atoms with Crippen LogP contribution in [0.5, 0.6) is 0 Å². The first-order valence-electron chi connectivity index (χ1n) is 11.1. The van der Waals surface area contributed by atoms with Gasteiger partial charge in [0.05, 0.1) is 25.4 Å². The number of fused-ring (bicyclic) bond motifs is 1. The van der Waals surface area contributed by atoms with Crippen molar-refractivity contribution in [3.8, 4) is 6.07 Å². The molecule has 4 rings (SSSR count). The Morgan fingerprint density at radius 1 is 1.36 bits per heavy atom. The summed E-state index contributed by atoms with van der Waals surface area (Å²) >= 11 is 4.87. The lowest BCUT2D eigenvalue weighted by Gasteiger charge is -2.25. The van der Waals surface area contributed by atoms with E-state index in [4.69, 9.17) is 35.4 Å². The number of carbonyl (C=O) groups is 1. The number of nitrogens with zero attached hydrogens (tertiary/aromatic N) is 6. The number of hydrogen-bond acceptors (Lipinski definition) is 13. The van der Waals surface area contributed by atoms with Crippen molar-refractivity contribution in [2.75, 3.05) is 18.5 Å². The second kappa shape index (κ2) is 12.3. The molecule has 2 aromatic heterocycles. The van der Waals surface area contributed by atoms with Crippen molar-refractivity contribution in [3.05, 3.63) is 53.5 Å². The number of nitroso groups, excluding NO2 is 1. The summed E-state index contributed by atoms with van der Waals surface area (Å²) in [5.74, 6) is -0.323. The van der Waals surface area contributed by atoms with Gasteiger partial charge in [0.25, 0.3) is 11.6 Å². The van der Waals surface area contributed by atoms with Crippen molar-refractivity contribution in [3.63, 3.8) is 0 Å². The lowest BCUT2D eigenvalue weighted by molar-refractivity contribution is -0.114. The smallest absolute Gasteiger partial charge is 0.324 e. The van der Waals surface area contributed by atoms with Crippen LogP contribution < -0.4 is 5.32 Å². The largest absolute Gasteiger partial charge is 0.695 e. The van der Waals surface area contributed by atoms with Crippen LogP contribution in [0.15, 0.2) is 48.2 Å². The zero-order valence-corrected chi connectivity index (χ0v) is 22.4. The molecule has 39 heavy (non-hydrogen) atoms. The minimum atomic E-state index is -3.92.